The minimum atomic E-state index is -3.03. The first kappa shape index (κ1) is 25.4. The van der Waals surface area contributed by atoms with Crippen LogP contribution in [0.15, 0.2) is 36.4 Å². The van der Waals surface area contributed by atoms with E-state index < -0.39 is 12.7 Å². The van der Waals surface area contributed by atoms with E-state index in [0.29, 0.717) is 16.8 Å². The molecule has 1 N–H and O–H groups in total. The van der Waals surface area contributed by atoms with Crippen LogP contribution in [0.5, 0.6) is 11.5 Å². The maximum Gasteiger partial charge on any atom is 0.387 e. The van der Waals surface area contributed by atoms with Crippen LogP contribution >= 0.6 is 0 Å². The monoisotopic (exact) mass is 501 g/mol. The first-order valence-electron chi connectivity index (χ1n) is 11.8. The van der Waals surface area contributed by atoms with Crippen LogP contribution in [0, 0.1) is 5.92 Å². The molecule has 1 aliphatic carbocycles. The number of amides is 3. The number of nitrogens with one attached hydrogen (secondary N) is 1. The van der Waals surface area contributed by atoms with Crippen LogP contribution in [0.2, 0.25) is 0 Å². The van der Waals surface area contributed by atoms with Gasteiger partial charge in [0.2, 0.25) is 11.8 Å². The van der Waals surface area contributed by atoms with E-state index in [9.17, 15) is 23.2 Å². The molecule has 1 atom stereocenters. The van der Waals surface area contributed by atoms with Crippen LogP contribution in [-0.2, 0) is 16.1 Å². The predicted molar refractivity (Wildman–Crippen MR) is 128 cm³/mol. The first-order chi connectivity index (χ1) is 17.2. The lowest BCUT2D eigenvalue weighted by Gasteiger charge is -2.29. The third-order valence-corrected chi connectivity index (χ3v) is 6.28. The van der Waals surface area contributed by atoms with Crippen molar-refractivity contribution in [3.05, 3.63) is 53.1 Å². The lowest BCUT2D eigenvalue weighted by molar-refractivity contribution is -0.129. The summed E-state index contributed by atoms with van der Waals surface area (Å²) in [5.74, 6) is -0.695. The molecule has 2 aromatic rings. The summed E-state index contributed by atoms with van der Waals surface area (Å²) in [6, 6.07) is 9.03. The molecule has 1 unspecified atom stereocenters. The highest BCUT2D eigenvalue weighted by molar-refractivity contribution is 6.07. The minimum absolute atomic E-state index is 0.0233. The van der Waals surface area contributed by atoms with Gasteiger partial charge in [-0.1, -0.05) is 18.2 Å². The molecule has 0 spiro atoms. The summed E-state index contributed by atoms with van der Waals surface area (Å²) in [5, 5.41) is 2.88. The molecule has 192 valence electrons. The molecule has 1 saturated carbocycles. The topological polar surface area (TPSA) is 88.2 Å². The summed E-state index contributed by atoms with van der Waals surface area (Å²) < 4.78 is 35.9. The number of carbonyl (C=O) groups is 3. The van der Waals surface area contributed by atoms with Crippen LogP contribution in [-0.4, -0.2) is 54.8 Å². The molecule has 0 radical (unpaired) electrons. The number of hydrogen-bond acceptors (Lipinski definition) is 5. The van der Waals surface area contributed by atoms with E-state index in [1.807, 2.05) is 6.07 Å². The molecule has 1 aliphatic heterocycles. The number of hydrogen-bond donors (Lipinski definition) is 1. The van der Waals surface area contributed by atoms with Crippen LogP contribution in [0.1, 0.15) is 53.7 Å². The van der Waals surface area contributed by atoms with Crippen LogP contribution in [0.3, 0.4) is 0 Å². The van der Waals surface area contributed by atoms with E-state index in [1.54, 1.807) is 44.1 Å². The Bertz CT molecular complexity index is 1170. The number of nitrogens with zero attached hydrogens (tertiary/aromatic N) is 2. The summed E-state index contributed by atoms with van der Waals surface area (Å²) in [7, 11) is 3.24. The lowest BCUT2D eigenvalue weighted by atomic mass is 10.0. The average Bonchev–Trinajstić information content (AvgIpc) is 3.62. The van der Waals surface area contributed by atoms with Gasteiger partial charge in [-0.2, -0.15) is 8.78 Å². The smallest absolute Gasteiger partial charge is 0.387 e. The zero-order chi connectivity index (χ0) is 26.0. The van der Waals surface area contributed by atoms with Gasteiger partial charge in [0.05, 0.1) is 30.3 Å². The predicted octanol–water partition coefficient (Wildman–Crippen LogP) is 4.21. The van der Waals surface area contributed by atoms with E-state index in [1.165, 1.54) is 17.0 Å². The lowest BCUT2D eigenvalue weighted by Crippen LogP contribution is -2.34. The van der Waals surface area contributed by atoms with Crippen LogP contribution in [0.4, 0.5) is 14.5 Å². The normalized spacial score (nSPS) is 15.5. The molecule has 0 aromatic heterocycles. The molecule has 8 nitrogen and oxygen atoms in total. The van der Waals surface area contributed by atoms with Gasteiger partial charge < -0.3 is 24.6 Å². The highest BCUT2D eigenvalue weighted by Crippen LogP contribution is 2.40. The van der Waals surface area contributed by atoms with E-state index in [0.717, 1.165) is 18.4 Å². The average molecular weight is 502 g/mol. The Balaban J connectivity index is 1.69. The van der Waals surface area contributed by atoms with Gasteiger partial charge >= 0.3 is 6.61 Å². The summed E-state index contributed by atoms with van der Waals surface area (Å²) in [5.41, 5.74) is 2.13. The van der Waals surface area contributed by atoms with E-state index in [-0.39, 0.29) is 54.7 Å². The van der Waals surface area contributed by atoms with Crippen molar-refractivity contribution in [1.82, 2.24) is 9.80 Å². The fourth-order valence-corrected chi connectivity index (χ4v) is 4.27. The van der Waals surface area contributed by atoms with Crippen molar-refractivity contribution in [3.63, 3.8) is 0 Å². The summed E-state index contributed by atoms with van der Waals surface area (Å²) in [4.78, 5) is 41.8. The van der Waals surface area contributed by atoms with Crippen molar-refractivity contribution in [1.29, 1.82) is 0 Å². The second kappa shape index (κ2) is 10.5. The second-order valence-electron chi connectivity index (χ2n) is 9.06. The number of ether oxygens (including phenoxy) is 2. The van der Waals surface area contributed by atoms with E-state index in [4.69, 9.17) is 4.74 Å². The van der Waals surface area contributed by atoms with Crippen molar-refractivity contribution >= 4 is 23.4 Å². The van der Waals surface area contributed by atoms with Gasteiger partial charge in [-0.25, -0.2) is 0 Å². The first-order valence-corrected chi connectivity index (χ1v) is 11.8. The van der Waals surface area contributed by atoms with Crippen LogP contribution in [0.25, 0.3) is 0 Å². The van der Waals surface area contributed by atoms with Crippen molar-refractivity contribution in [3.8, 4) is 11.5 Å². The quantitative estimate of drug-likeness (QED) is 0.527. The molecule has 3 amide bonds. The maximum absolute atomic E-state index is 13.7. The van der Waals surface area contributed by atoms with E-state index in [2.05, 4.69) is 10.1 Å². The molecule has 0 saturated heterocycles. The molecule has 10 heteroatoms. The number of halogens is 2. The van der Waals surface area contributed by atoms with Gasteiger partial charge in [0.15, 0.2) is 11.5 Å². The highest BCUT2D eigenvalue weighted by atomic mass is 19.3. The highest BCUT2D eigenvalue weighted by Gasteiger charge is 2.38. The fraction of sp³-hybridized carbons (Fsp3) is 0.423. The number of anilines is 1. The van der Waals surface area contributed by atoms with Crippen LogP contribution < -0.4 is 14.8 Å². The molecule has 1 fully saturated rings. The molecule has 1 heterocycles. The molecule has 2 aliphatic rings. The number of carbonyl (C=O) groups excluding carboxylic acids is 3. The third-order valence-electron chi connectivity index (χ3n) is 6.28. The SMILES string of the molecule is CCOc1cc(C(CC(=O)N(C)C)N2Cc3cccc(NC(=O)C4CC4)c3C2=O)ccc1OC(F)F. The Morgan fingerprint density at radius 2 is 1.92 bits per heavy atom. The second-order valence-corrected chi connectivity index (χ2v) is 9.06. The Labute approximate surface area is 208 Å². The number of benzene rings is 2. The largest absolute Gasteiger partial charge is 0.490 e. The Kier molecular flexibility index (Phi) is 7.42. The van der Waals surface area contributed by atoms with Crippen molar-refractivity contribution in [2.45, 2.75) is 45.4 Å². The molecule has 2 aromatic carbocycles. The standard InChI is InChI=1S/C26H29F2N3O5/c1-4-35-21-12-16(10-11-20(21)36-26(27)28)19(13-22(32)30(2)3)31-14-17-6-5-7-18(23(17)25(31)34)29-24(33)15-8-9-15/h5-7,10-12,15,19,26H,4,8-9,13-14H2,1-3H3,(H,29,33). The van der Waals surface area contributed by atoms with Crippen molar-refractivity contribution in [2.24, 2.45) is 5.92 Å². The Hall–Kier alpha value is -3.69. The third kappa shape index (κ3) is 5.42. The summed E-state index contributed by atoms with van der Waals surface area (Å²) in [6.45, 7) is -0.876. The van der Waals surface area contributed by atoms with Gasteiger partial charge in [0.25, 0.3) is 5.91 Å². The number of fused-ring (bicyclic) bond motifs is 1. The fourth-order valence-electron chi connectivity index (χ4n) is 4.27. The zero-order valence-electron chi connectivity index (χ0n) is 20.4. The molecule has 36 heavy (non-hydrogen) atoms. The number of rotatable bonds is 10. The molecular formula is C26H29F2N3O5. The Morgan fingerprint density at radius 1 is 1.17 bits per heavy atom. The summed E-state index contributed by atoms with van der Waals surface area (Å²) >= 11 is 0. The van der Waals surface area contributed by atoms with Gasteiger partial charge in [0, 0.05) is 26.6 Å². The van der Waals surface area contributed by atoms with Crippen molar-refractivity contribution in [2.75, 3.05) is 26.0 Å². The molecule has 0 bridgehead atoms. The zero-order valence-corrected chi connectivity index (χ0v) is 20.4. The maximum atomic E-state index is 13.7. The Morgan fingerprint density at radius 3 is 2.56 bits per heavy atom. The van der Waals surface area contributed by atoms with Gasteiger partial charge in [-0.3, -0.25) is 14.4 Å². The number of alkyl halides is 2. The minimum Gasteiger partial charge on any atom is -0.490 e. The van der Waals surface area contributed by atoms with Gasteiger partial charge in [0.1, 0.15) is 0 Å². The van der Waals surface area contributed by atoms with Crippen molar-refractivity contribution < 1.29 is 32.6 Å². The molecule has 4 rings (SSSR count). The van der Waals surface area contributed by atoms with Gasteiger partial charge in [-0.05, 0) is 49.1 Å². The van der Waals surface area contributed by atoms with E-state index >= 15 is 0 Å². The molecular weight excluding hydrogens is 472 g/mol. The van der Waals surface area contributed by atoms with Gasteiger partial charge in [-0.15, -0.1) is 0 Å². The summed E-state index contributed by atoms with van der Waals surface area (Å²) in [6.07, 6.45) is 1.64.